The van der Waals surface area contributed by atoms with Crippen molar-refractivity contribution in [1.82, 2.24) is 4.98 Å². The number of hydrogen-bond acceptors (Lipinski definition) is 3. The Morgan fingerprint density at radius 1 is 1.35 bits per heavy atom. The van der Waals surface area contributed by atoms with Gasteiger partial charge >= 0.3 is 5.16 Å². The molecule has 0 saturated heterocycles. The van der Waals surface area contributed by atoms with Crippen LogP contribution in [0.5, 0.6) is 0 Å². The summed E-state index contributed by atoms with van der Waals surface area (Å²) in [7, 11) is 0. The van der Waals surface area contributed by atoms with E-state index in [2.05, 4.69) is 41.2 Å². The highest BCUT2D eigenvalue weighted by atomic mass is 32.2. The largest absolute Gasteiger partial charge is 0.499 e. The third kappa shape index (κ3) is 2.00. The van der Waals surface area contributed by atoms with Crippen molar-refractivity contribution >= 4 is 24.4 Å². The summed E-state index contributed by atoms with van der Waals surface area (Å²) in [4.78, 5) is 4.47. The minimum atomic E-state index is -0.0632. The standard InChI is InChI=1S/C12H11N3S2/c1-8-7-10(9-5-3-2-4-6-9)15-11(13-8)17-12(16)14-15/h2-7,12,16H,1H3. The lowest BCUT2D eigenvalue weighted by Crippen LogP contribution is -2.33. The molecule has 86 valence electrons. The van der Waals surface area contributed by atoms with E-state index >= 15 is 0 Å². The number of aryl methyl sites for hydroxylation is 1. The summed E-state index contributed by atoms with van der Waals surface area (Å²) >= 11 is 5.93. The zero-order valence-corrected chi connectivity index (χ0v) is 10.9. The summed E-state index contributed by atoms with van der Waals surface area (Å²) in [6, 6.07) is 12.3. The maximum Gasteiger partial charge on any atom is 0.350 e. The van der Waals surface area contributed by atoms with Crippen LogP contribution in [0.1, 0.15) is 5.69 Å². The van der Waals surface area contributed by atoms with Crippen LogP contribution in [0.25, 0.3) is 16.7 Å². The van der Waals surface area contributed by atoms with Crippen LogP contribution in [0.2, 0.25) is 0 Å². The first kappa shape index (κ1) is 10.9. The fraction of sp³-hybridized carbons (Fsp3) is 0.167. The van der Waals surface area contributed by atoms with E-state index in [-0.39, 0.29) is 4.71 Å². The number of fused-ring (bicyclic) bond motifs is 1. The van der Waals surface area contributed by atoms with Crippen molar-refractivity contribution in [2.45, 2.75) is 16.8 Å². The average molecular weight is 261 g/mol. The van der Waals surface area contributed by atoms with Crippen LogP contribution in [0, 0.1) is 6.92 Å². The molecule has 0 N–H and O–H groups in total. The second-order valence-electron chi connectivity index (χ2n) is 3.80. The second kappa shape index (κ2) is 4.23. The molecule has 0 aliphatic carbocycles. The molecule has 1 unspecified atom stereocenters. The summed E-state index contributed by atoms with van der Waals surface area (Å²) in [5.41, 5.74) is 7.66. The van der Waals surface area contributed by atoms with Gasteiger partial charge in [-0.2, -0.15) is 12.6 Å². The normalized spacial score (nSPS) is 17.6. The Labute approximate surface area is 110 Å². The Bertz CT molecular complexity index is 557. The lowest BCUT2D eigenvalue weighted by molar-refractivity contribution is -0.652. The summed E-state index contributed by atoms with van der Waals surface area (Å²) < 4.78 is 1.82. The predicted molar refractivity (Wildman–Crippen MR) is 72.0 cm³/mol. The van der Waals surface area contributed by atoms with Gasteiger partial charge in [0.1, 0.15) is 5.69 Å². The van der Waals surface area contributed by atoms with Gasteiger partial charge in [0.05, 0.1) is 0 Å². The van der Waals surface area contributed by atoms with Gasteiger partial charge in [-0.15, -0.1) is 0 Å². The zero-order chi connectivity index (χ0) is 11.8. The molecule has 0 fully saturated rings. The maximum atomic E-state index is 4.47. The van der Waals surface area contributed by atoms with E-state index in [1.165, 1.54) is 0 Å². The zero-order valence-electron chi connectivity index (χ0n) is 9.24. The van der Waals surface area contributed by atoms with E-state index < -0.39 is 0 Å². The molecule has 0 amide bonds. The summed E-state index contributed by atoms with van der Waals surface area (Å²) in [6.07, 6.45) is 0. The van der Waals surface area contributed by atoms with E-state index in [1.807, 2.05) is 29.8 Å². The van der Waals surface area contributed by atoms with Crippen molar-refractivity contribution in [3.63, 3.8) is 0 Å². The van der Waals surface area contributed by atoms with E-state index in [1.54, 1.807) is 11.8 Å². The Balaban J connectivity index is 2.18. The van der Waals surface area contributed by atoms with Crippen molar-refractivity contribution in [2.24, 2.45) is 0 Å². The molecule has 2 heterocycles. The minimum absolute atomic E-state index is 0.0632. The third-order valence-electron chi connectivity index (χ3n) is 2.52. The highest BCUT2D eigenvalue weighted by Gasteiger charge is 2.23. The lowest BCUT2D eigenvalue weighted by Gasteiger charge is -2.16. The molecule has 2 aromatic rings. The molecular formula is C12H11N3S2. The molecule has 0 spiro atoms. The van der Waals surface area contributed by atoms with Crippen molar-refractivity contribution < 1.29 is 4.68 Å². The van der Waals surface area contributed by atoms with Crippen LogP contribution < -0.4 is 4.68 Å². The van der Waals surface area contributed by atoms with Crippen molar-refractivity contribution in [1.29, 1.82) is 0 Å². The van der Waals surface area contributed by atoms with Crippen LogP contribution in [0.3, 0.4) is 0 Å². The Morgan fingerprint density at radius 2 is 2.12 bits per heavy atom. The fourth-order valence-electron chi connectivity index (χ4n) is 1.81. The summed E-state index contributed by atoms with van der Waals surface area (Å²) in [6.45, 7) is 2.00. The van der Waals surface area contributed by atoms with Crippen molar-refractivity contribution in [3.8, 4) is 11.3 Å². The van der Waals surface area contributed by atoms with Gasteiger partial charge in [0, 0.05) is 23.3 Å². The SMILES string of the molecule is Cc1cc(-c2ccccc2)[n+]2c(n1)SC(S)[N-]2. The molecule has 17 heavy (non-hydrogen) atoms. The first-order valence-electron chi connectivity index (χ1n) is 5.29. The lowest BCUT2D eigenvalue weighted by atomic mass is 10.1. The van der Waals surface area contributed by atoms with Crippen molar-refractivity contribution in [3.05, 3.63) is 47.5 Å². The Kier molecular flexibility index (Phi) is 2.72. The van der Waals surface area contributed by atoms with Crippen LogP contribution in [-0.4, -0.2) is 9.69 Å². The topological polar surface area (TPSA) is 30.9 Å². The van der Waals surface area contributed by atoms with Gasteiger partial charge in [0.15, 0.2) is 5.69 Å². The molecule has 5 heteroatoms. The highest BCUT2D eigenvalue weighted by molar-refractivity contribution is 8.10. The molecule has 0 bridgehead atoms. The van der Waals surface area contributed by atoms with E-state index in [9.17, 15) is 0 Å². The molecule has 3 nitrogen and oxygen atoms in total. The third-order valence-corrected chi connectivity index (χ3v) is 3.72. The number of aromatic nitrogens is 2. The van der Waals surface area contributed by atoms with Gasteiger partial charge in [0.2, 0.25) is 0 Å². The summed E-state index contributed by atoms with van der Waals surface area (Å²) in [5.74, 6) is 0. The molecule has 1 atom stereocenters. The smallest absolute Gasteiger partial charge is 0.350 e. The quantitative estimate of drug-likeness (QED) is 0.486. The monoisotopic (exact) mass is 261 g/mol. The maximum absolute atomic E-state index is 4.47. The first-order valence-corrected chi connectivity index (χ1v) is 6.68. The molecule has 3 rings (SSSR count). The molecule has 0 saturated carbocycles. The summed E-state index contributed by atoms with van der Waals surface area (Å²) in [5, 5.41) is 0.906. The van der Waals surface area contributed by atoms with E-state index in [0.717, 1.165) is 22.1 Å². The van der Waals surface area contributed by atoms with Crippen molar-refractivity contribution in [2.75, 3.05) is 0 Å². The van der Waals surface area contributed by atoms with Gasteiger partial charge in [-0.05, 0) is 16.7 Å². The number of benzene rings is 1. The van der Waals surface area contributed by atoms with Gasteiger partial charge in [0.25, 0.3) is 0 Å². The van der Waals surface area contributed by atoms with Crippen LogP contribution in [-0.2, 0) is 0 Å². The Hall–Kier alpha value is -1.20. The van der Waals surface area contributed by atoms with Crippen LogP contribution >= 0.6 is 24.4 Å². The molecule has 0 radical (unpaired) electrons. The number of nitrogens with zero attached hydrogens (tertiary/aromatic N) is 3. The van der Waals surface area contributed by atoms with Gasteiger partial charge in [-0.25, -0.2) is 0 Å². The van der Waals surface area contributed by atoms with Crippen LogP contribution in [0.15, 0.2) is 41.6 Å². The second-order valence-corrected chi connectivity index (χ2v) is 5.69. The van der Waals surface area contributed by atoms with Gasteiger partial charge in [-0.3, -0.25) is 4.68 Å². The number of thioether (sulfide) groups is 1. The van der Waals surface area contributed by atoms with Crippen LogP contribution in [0.4, 0.5) is 0 Å². The predicted octanol–water partition coefficient (Wildman–Crippen LogP) is 2.80. The molecule has 1 aromatic heterocycles. The highest BCUT2D eigenvalue weighted by Crippen LogP contribution is 2.33. The van der Waals surface area contributed by atoms with E-state index in [4.69, 9.17) is 0 Å². The number of rotatable bonds is 1. The first-order chi connectivity index (χ1) is 8.24. The molecule has 1 aliphatic heterocycles. The molecule has 1 aliphatic rings. The fourth-order valence-corrected chi connectivity index (χ4v) is 2.97. The van der Waals surface area contributed by atoms with Gasteiger partial charge < -0.3 is 5.43 Å². The van der Waals surface area contributed by atoms with E-state index in [0.29, 0.717) is 0 Å². The average Bonchev–Trinajstić information content (AvgIpc) is 2.69. The minimum Gasteiger partial charge on any atom is -0.499 e. The number of hydrogen-bond donors (Lipinski definition) is 1. The molecule has 1 aromatic carbocycles. The van der Waals surface area contributed by atoms with Gasteiger partial charge in [-0.1, -0.05) is 30.3 Å². The number of thiol groups is 1. The Morgan fingerprint density at radius 3 is 2.88 bits per heavy atom. The molecular weight excluding hydrogens is 250 g/mol.